The van der Waals surface area contributed by atoms with Gasteiger partial charge in [-0.05, 0) is 38.3 Å². The summed E-state index contributed by atoms with van der Waals surface area (Å²) in [6, 6.07) is 2.60. The second-order valence-electron chi connectivity index (χ2n) is 3.82. The molecule has 16 heavy (non-hydrogen) atoms. The van der Waals surface area contributed by atoms with Crippen LogP contribution in [0.3, 0.4) is 0 Å². The molecule has 0 aliphatic heterocycles. The van der Waals surface area contributed by atoms with E-state index < -0.39 is 0 Å². The van der Waals surface area contributed by atoms with Crippen LogP contribution in [0.2, 0.25) is 0 Å². The van der Waals surface area contributed by atoms with Crippen molar-refractivity contribution < 1.29 is 0 Å². The molecule has 90 valence electrons. The molecule has 1 atom stereocenters. The summed E-state index contributed by atoms with van der Waals surface area (Å²) in [5, 5.41) is 6.72. The second-order valence-corrected chi connectivity index (χ2v) is 4.81. The standard InChI is InChI=1S/C12H21N3S/c1-4-14-11-7-12(9-13-8-11)15-10(2)5-6-16-3/h7-10,14-15H,4-6H2,1-3H3. The van der Waals surface area contributed by atoms with Crippen molar-refractivity contribution in [3.63, 3.8) is 0 Å². The van der Waals surface area contributed by atoms with E-state index in [1.807, 2.05) is 24.2 Å². The topological polar surface area (TPSA) is 37.0 Å². The van der Waals surface area contributed by atoms with E-state index in [4.69, 9.17) is 0 Å². The van der Waals surface area contributed by atoms with Crippen molar-refractivity contribution in [2.75, 3.05) is 29.2 Å². The quantitative estimate of drug-likeness (QED) is 0.767. The lowest BCUT2D eigenvalue weighted by Gasteiger charge is -2.15. The Balaban J connectivity index is 2.49. The lowest BCUT2D eigenvalue weighted by molar-refractivity contribution is 0.771. The van der Waals surface area contributed by atoms with Gasteiger partial charge in [-0.1, -0.05) is 0 Å². The summed E-state index contributed by atoms with van der Waals surface area (Å²) < 4.78 is 0. The Morgan fingerprint density at radius 1 is 1.38 bits per heavy atom. The number of hydrogen-bond donors (Lipinski definition) is 2. The molecule has 0 aromatic carbocycles. The van der Waals surface area contributed by atoms with Crippen LogP contribution in [0.25, 0.3) is 0 Å². The molecule has 1 unspecified atom stereocenters. The highest BCUT2D eigenvalue weighted by Crippen LogP contribution is 2.14. The lowest BCUT2D eigenvalue weighted by atomic mass is 10.2. The summed E-state index contributed by atoms with van der Waals surface area (Å²) in [5.74, 6) is 1.19. The van der Waals surface area contributed by atoms with Crippen LogP contribution in [-0.4, -0.2) is 29.6 Å². The van der Waals surface area contributed by atoms with Gasteiger partial charge >= 0.3 is 0 Å². The third-order valence-electron chi connectivity index (χ3n) is 2.29. The van der Waals surface area contributed by atoms with Crippen LogP contribution in [0.4, 0.5) is 11.4 Å². The Labute approximate surface area is 102 Å². The molecule has 3 nitrogen and oxygen atoms in total. The molecular weight excluding hydrogens is 218 g/mol. The maximum atomic E-state index is 4.21. The third-order valence-corrected chi connectivity index (χ3v) is 2.93. The number of nitrogens with zero attached hydrogens (tertiary/aromatic N) is 1. The van der Waals surface area contributed by atoms with E-state index in [2.05, 4.69) is 41.8 Å². The van der Waals surface area contributed by atoms with Crippen molar-refractivity contribution in [1.82, 2.24) is 4.98 Å². The van der Waals surface area contributed by atoms with E-state index in [9.17, 15) is 0 Å². The molecule has 1 aromatic heterocycles. The molecule has 1 aromatic rings. The number of aromatic nitrogens is 1. The van der Waals surface area contributed by atoms with E-state index in [1.165, 1.54) is 12.2 Å². The zero-order valence-electron chi connectivity index (χ0n) is 10.3. The molecule has 2 N–H and O–H groups in total. The van der Waals surface area contributed by atoms with E-state index >= 15 is 0 Å². The predicted molar refractivity (Wildman–Crippen MR) is 74.5 cm³/mol. The minimum atomic E-state index is 0.492. The molecule has 0 spiro atoms. The number of nitrogens with one attached hydrogen (secondary N) is 2. The summed E-state index contributed by atoms with van der Waals surface area (Å²) >= 11 is 1.88. The number of anilines is 2. The first-order valence-electron chi connectivity index (χ1n) is 5.70. The Morgan fingerprint density at radius 2 is 2.12 bits per heavy atom. The van der Waals surface area contributed by atoms with E-state index in [0.29, 0.717) is 6.04 Å². The summed E-state index contributed by atoms with van der Waals surface area (Å²) in [5.41, 5.74) is 2.16. The first kappa shape index (κ1) is 13.2. The summed E-state index contributed by atoms with van der Waals surface area (Å²) in [7, 11) is 0. The smallest absolute Gasteiger partial charge is 0.0549 e. The molecule has 0 saturated heterocycles. The molecule has 0 bridgehead atoms. The highest BCUT2D eigenvalue weighted by atomic mass is 32.2. The zero-order valence-corrected chi connectivity index (χ0v) is 11.1. The van der Waals surface area contributed by atoms with Crippen LogP contribution in [0.5, 0.6) is 0 Å². The van der Waals surface area contributed by atoms with E-state index in [-0.39, 0.29) is 0 Å². The number of hydrogen-bond acceptors (Lipinski definition) is 4. The molecule has 1 heterocycles. The molecule has 0 amide bonds. The molecule has 0 fully saturated rings. The fourth-order valence-corrected chi connectivity index (χ4v) is 2.06. The molecule has 0 aliphatic rings. The Bertz CT molecular complexity index is 304. The van der Waals surface area contributed by atoms with Crippen molar-refractivity contribution in [2.45, 2.75) is 26.3 Å². The van der Waals surface area contributed by atoms with Gasteiger partial charge in [-0.2, -0.15) is 11.8 Å². The zero-order chi connectivity index (χ0) is 11.8. The van der Waals surface area contributed by atoms with Gasteiger partial charge in [0.05, 0.1) is 23.8 Å². The van der Waals surface area contributed by atoms with Crippen LogP contribution in [0.15, 0.2) is 18.5 Å². The number of rotatable bonds is 7. The fourth-order valence-electron chi connectivity index (χ4n) is 1.47. The van der Waals surface area contributed by atoms with E-state index in [0.717, 1.165) is 17.9 Å². The van der Waals surface area contributed by atoms with Gasteiger partial charge in [0.25, 0.3) is 0 Å². The Kier molecular flexibility index (Phi) is 6.08. The average Bonchev–Trinajstić information content (AvgIpc) is 2.27. The van der Waals surface area contributed by atoms with Gasteiger partial charge in [-0.15, -0.1) is 0 Å². The summed E-state index contributed by atoms with van der Waals surface area (Å²) in [4.78, 5) is 4.21. The maximum absolute atomic E-state index is 4.21. The SMILES string of the molecule is CCNc1cncc(NC(C)CCSC)c1. The third kappa shape index (κ3) is 4.75. The van der Waals surface area contributed by atoms with Crippen LogP contribution in [-0.2, 0) is 0 Å². The van der Waals surface area contributed by atoms with Crippen molar-refractivity contribution in [2.24, 2.45) is 0 Å². The fraction of sp³-hybridized carbons (Fsp3) is 0.583. The van der Waals surface area contributed by atoms with Crippen molar-refractivity contribution in [3.05, 3.63) is 18.5 Å². The summed E-state index contributed by atoms with van der Waals surface area (Å²) in [6.07, 6.45) is 7.03. The highest BCUT2D eigenvalue weighted by molar-refractivity contribution is 7.98. The molecule has 0 aliphatic carbocycles. The average molecular weight is 239 g/mol. The monoisotopic (exact) mass is 239 g/mol. The van der Waals surface area contributed by atoms with Crippen LogP contribution < -0.4 is 10.6 Å². The van der Waals surface area contributed by atoms with E-state index in [1.54, 1.807) is 0 Å². The van der Waals surface area contributed by atoms with Gasteiger partial charge < -0.3 is 10.6 Å². The molecular formula is C12H21N3S. The first-order chi connectivity index (χ1) is 7.76. The summed E-state index contributed by atoms with van der Waals surface area (Å²) in [6.45, 7) is 5.21. The van der Waals surface area contributed by atoms with Gasteiger partial charge in [0, 0.05) is 12.6 Å². The van der Waals surface area contributed by atoms with Gasteiger partial charge in [0.1, 0.15) is 0 Å². The molecule has 0 radical (unpaired) electrons. The largest absolute Gasteiger partial charge is 0.384 e. The minimum Gasteiger partial charge on any atom is -0.384 e. The molecule has 0 saturated carbocycles. The van der Waals surface area contributed by atoms with Crippen molar-refractivity contribution >= 4 is 23.1 Å². The highest BCUT2D eigenvalue weighted by Gasteiger charge is 2.02. The molecule has 4 heteroatoms. The van der Waals surface area contributed by atoms with Crippen molar-refractivity contribution in [3.8, 4) is 0 Å². The number of pyridine rings is 1. The van der Waals surface area contributed by atoms with Gasteiger partial charge in [-0.25, -0.2) is 0 Å². The predicted octanol–water partition coefficient (Wildman–Crippen LogP) is 3.07. The minimum absolute atomic E-state index is 0.492. The molecule has 1 rings (SSSR count). The van der Waals surface area contributed by atoms with Crippen LogP contribution >= 0.6 is 11.8 Å². The van der Waals surface area contributed by atoms with Gasteiger partial charge in [-0.3, -0.25) is 4.98 Å². The second kappa shape index (κ2) is 7.39. The first-order valence-corrected chi connectivity index (χ1v) is 7.10. The Hall–Kier alpha value is -0.900. The lowest BCUT2D eigenvalue weighted by Crippen LogP contribution is -2.16. The maximum Gasteiger partial charge on any atom is 0.0549 e. The number of thioether (sulfide) groups is 1. The van der Waals surface area contributed by atoms with Crippen LogP contribution in [0.1, 0.15) is 20.3 Å². The normalized spacial score (nSPS) is 12.2. The Morgan fingerprint density at radius 3 is 2.81 bits per heavy atom. The van der Waals surface area contributed by atoms with Crippen LogP contribution in [0, 0.1) is 0 Å². The van der Waals surface area contributed by atoms with Gasteiger partial charge in [0.2, 0.25) is 0 Å². The van der Waals surface area contributed by atoms with Crippen molar-refractivity contribution in [1.29, 1.82) is 0 Å². The van der Waals surface area contributed by atoms with Gasteiger partial charge in [0.15, 0.2) is 0 Å².